The van der Waals surface area contributed by atoms with Crippen molar-refractivity contribution >= 4 is 46.3 Å². The summed E-state index contributed by atoms with van der Waals surface area (Å²) in [5, 5.41) is 6.85. The molecule has 2 N–H and O–H groups in total. The number of aryl methyl sites for hydroxylation is 2. The van der Waals surface area contributed by atoms with E-state index in [1.165, 1.54) is 6.21 Å². The highest BCUT2D eigenvalue weighted by atomic mass is 127. The number of nitrogens with zero attached hydrogens (tertiary/aromatic N) is 1. The summed E-state index contributed by atoms with van der Waals surface area (Å²) in [5.74, 6) is 0.772. The van der Waals surface area contributed by atoms with Gasteiger partial charge in [-0.2, -0.15) is 5.10 Å². The predicted octanol–water partition coefficient (Wildman–Crippen LogP) is 4.96. The van der Waals surface area contributed by atoms with Crippen LogP contribution >= 0.6 is 22.6 Å². The summed E-state index contributed by atoms with van der Waals surface area (Å²) in [6, 6.07) is 9.56. The van der Waals surface area contributed by atoms with E-state index in [0.29, 0.717) is 18.1 Å². The average molecular weight is 551 g/mol. The molecule has 0 heterocycles. The maximum Gasteiger partial charge on any atom is 0.240 e. The van der Waals surface area contributed by atoms with Crippen molar-refractivity contribution in [2.24, 2.45) is 5.10 Å². The van der Waals surface area contributed by atoms with E-state index in [0.717, 1.165) is 25.9 Å². The highest BCUT2D eigenvalue weighted by Crippen LogP contribution is 2.34. The van der Waals surface area contributed by atoms with Gasteiger partial charge in [-0.25, -0.2) is 5.43 Å². The molecule has 0 saturated carbocycles. The van der Waals surface area contributed by atoms with E-state index in [1.54, 1.807) is 0 Å². The summed E-state index contributed by atoms with van der Waals surface area (Å²) in [5.41, 5.74) is 6.03. The van der Waals surface area contributed by atoms with Crippen LogP contribution in [0.3, 0.4) is 0 Å². The van der Waals surface area contributed by atoms with Crippen LogP contribution in [0.1, 0.15) is 50.3 Å². The molecule has 0 fully saturated rings. The Morgan fingerprint density at radius 2 is 1.84 bits per heavy atom. The number of amides is 2. The summed E-state index contributed by atoms with van der Waals surface area (Å²) in [6.45, 7) is 10.2. The number of anilines is 1. The fraction of sp³-hybridized carbons (Fsp3) is 0.375. The zero-order valence-electron chi connectivity index (χ0n) is 19.1. The molecule has 0 radical (unpaired) electrons. The maximum absolute atomic E-state index is 12.2. The van der Waals surface area contributed by atoms with Crippen LogP contribution in [0.15, 0.2) is 35.4 Å². The first kappa shape index (κ1) is 25.6. The van der Waals surface area contributed by atoms with Crippen molar-refractivity contribution in [1.82, 2.24) is 5.43 Å². The second-order valence-corrected chi connectivity index (χ2v) is 8.75. The van der Waals surface area contributed by atoms with E-state index in [-0.39, 0.29) is 30.8 Å². The summed E-state index contributed by atoms with van der Waals surface area (Å²) < 4.78 is 12.4. The standard InChI is InChI=1S/C24H30IN3O4/c1-6-31-21-13-18(12-19(25)24(21)32-15(2)3)14-26-28-23(30)10-9-22(29)27-20-11-16(4)7-8-17(20)5/h7-8,11-15H,6,9-10H2,1-5H3,(H,27,29)(H,28,30). The number of halogens is 1. The van der Waals surface area contributed by atoms with Crippen molar-refractivity contribution in [3.63, 3.8) is 0 Å². The van der Waals surface area contributed by atoms with Crippen LogP contribution in [0, 0.1) is 17.4 Å². The molecule has 2 rings (SSSR count). The van der Waals surface area contributed by atoms with Gasteiger partial charge in [0.1, 0.15) is 0 Å². The van der Waals surface area contributed by atoms with Gasteiger partial charge >= 0.3 is 0 Å². The highest BCUT2D eigenvalue weighted by molar-refractivity contribution is 14.1. The lowest BCUT2D eigenvalue weighted by molar-refractivity contribution is -0.124. The van der Waals surface area contributed by atoms with Crippen LogP contribution in [0.25, 0.3) is 0 Å². The molecule has 0 aromatic heterocycles. The van der Waals surface area contributed by atoms with E-state index in [2.05, 4.69) is 38.4 Å². The van der Waals surface area contributed by atoms with Gasteiger partial charge in [0.05, 0.1) is 22.5 Å². The van der Waals surface area contributed by atoms with Gasteiger partial charge in [0.15, 0.2) is 11.5 Å². The number of hydrogen-bond acceptors (Lipinski definition) is 5. The summed E-state index contributed by atoms with van der Waals surface area (Å²) in [7, 11) is 0. The molecule has 32 heavy (non-hydrogen) atoms. The first-order chi connectivity index (χ1) is 15.2. The van der Waals surface area contributed by atoms with Crippen LogP contribution in [-0.2, 0) is 9.59 Å². The van der Waals surface area contributed by atoms with E-state index in [4.69, 9.17) is 9.47 Å². The number of rotatable bonds is 10. The Hall–Kier alpha value is -2.62. The van der Waals surface area contributed by atoms with Gasteiger partial charge in [0.2, 0.25) is 11.8 Å². The van der Waals surface area contributed by atoms with Crippen LogP contribution in [0.4, 0.5) is 5.69 Å². The Bertz CT molecular complexity index is 989. The van der Waals surface area contributed by atoms with E-state index in [1.807, 2.05) is 65.0 Å². The van der Waals surface area contributed by atoms with Gasteiger partial charge in [-0.1, -0.05) is 12.1 Å². The molecule has 0 saturated heterocycles. The number of nitrogens with one attached hydrogen (secondary N) is 2. The quantitative estimate of drug-likeness (QED) is 0.248. The molecule has 0 atom stereocenters. The Morgan fingerprint density at radius 3 is 2.53 bits per heavy atom. The molecule has 2 amide bonds. The zero-order valence-corrected chi connectivity index (χ0v) is 21.3. The second kappa shape index (κ2) is 12.4. The number of hydrogen-bond donors (Lipinski definition) is 2. The first-order valence-electron chi connectivity index (χ1n) is 10.5. The molecular weight excluding hydrogens is 521 g/mol. The van der Waals surface area contributed by atoms with Gasteiger partial charge in [0, 0.05) is 18.5 Å². The van der Waals surface area contributed by atoms with Crippen molar-refractivity contribution in [2.45, 2.75) is 53.6 Å². The second-order valence-electron chi connectivity index (χ2n) is 7.59. The highest BCUT2D eigenvalue weighted by Gasteiger charge is 2.13. The van der Waals surface area contributed by atoms with Crippen molar-refractivity contribution in [1.29, 1.82) is 0 Å². The molecule has 8 heteroatoms. The largest absolute Gasteiger partial charge is 0.490 e. The van der Waals surface area contributed by atoms with Crippen LogP contribution in [-0.4, -0.2) is 30.7 Å². The van der Waals surface area contributed by atoms with Crippen molar-refractivity contribution in [3.8, 4) is 11.5 Å². The SMILES string of the molecule is CCOc1cc(C=NNC(=O)CCC(=O)Nc2cc(C)ccc2C)cc(I)c1OC(C)C. The summed E-state index contributed by atoms with van der Waals surface area (Å²) in [4.78, 5) is 24.2. The Labute approximate surface area is 203 Å². The lowest BCUT2D eigenvalue weighted by atomic mass is 10.1. The number of hydrazone groups is 1. The lowest BCUT2D eigenvalue weighted by Crippen LogP contribution is -2.21. The molecule has 2 aromatic rings. The third-order valence-corrected chi connectivity index (χ3v) is 5.14. The Morgan fingerprint density at radius 1 is 1.12 bits per heavy atom. The van der Waals surface area contributed by atoms with E-state index in [9.17, 15) is 9.59 Å². The van der Waals surface area contributed by atoms with Gasteiger partial charge in [0.25, 0.3) is 0 Å². The van der Waals surface area contributed by atoms with Gasteiger partial charge in [-0.3, -0.25) is 9.59 Å². The lowest BCUT2D eigenvalue weighted by Gasteiger charge is -2.16. The summed E-state index contributed by atoms with van der Waals surface area (Å²) >= 11 is 2.18. The third kappa shape index (κ3) is 8.14. The molecule has 0 bridgehead atoms. The average Bonchev–Trinajstić information content (AvgIpc) is 2.72. The fourth-order valence-electron chi connectivity index (χ4n) is 2.82. The van der Waals surface area contributed by atoms with E-state index < -0.39 is 0 Å². The van der Waals surface area contributed by atoms with Crippen molar-refractivity contribution in [2.75, 3.05) is 11.9 Å². The maximum atomic E-state index is 12.2. The topological polar surface area (TPSA) is 89.0 Å². The monoisotopic (exact) mass is 551 g/mol. The first-order valence-corrected chi connectivity index (χ1v) is 11.6. The van der Waals surface area contributed by atoms with Gasteiger partial charge in [-0.05, 0) is 92.1 Å². The van der Waals surface area contributed by atoms with Crippen LogP contribution in [0.2, 0.25) is 0 Å². The number of carbonyl (C=O) groups excluding carboxylic acids is 2. The Kier molecular flexibility index (Phi) is 9.96. The molecule has 0 spiro atoms. The summed E-state index contributed by atoms with van der Waals surface area (Å²) in [6.07, 6.45) is 1.67. The molecule has 0 aliphatic heterocycles. The molecule has 0 aliphatic rings. The fourth-order valence-corrected chi connectivity index (χ4v) is 3.57. The van der Waals surface area contributed by atoms with Crippen molar-refractivity contribution < 1.29 is 19.1 Å². The third-order valence-electron chi connectivity index (χ3n) is 4.33. The number of ether oxygens (including phenoxy) is 2. The van der Waals surface area contributed by atoms with Gasteiger partial charge < -0.3 is 14.8 Å². The number of carbonyl (C=O) groups is 2. The molecule has 0 unspecified atom stereocenters. The van der Waals surface area contributed by atoms with Crippen molar-refractivity contribution in [3.05, 3.63) is 50.6 Å². The Balaban J connectivity index is 1.91. The minimum Gasteiger partial charge on any atom is -0.490 e. The molecule has 172 valence electrons. The molecule has 7 nitrogen and oxygen atoms in total. The molecule has 2 aromatic carbocycles. The smallest absolute Gasteiger partial charge is 0.240 e. The minimum atomic E-state index is -0.336. The molecule has 0 aliphatic carbocycles. The normalized spacial score (nSPS) is 11.0. The minimum absolute atomic E-state index is 0.0218. The number of benzene rings is 2. The van der Waals surface area contributed by atoms with Gasteiger partial charge in [-0.15, -0.1) is 0 Å². The molecular formula is C24H30IN3O4. The zero-order chi connectivity index (χ0) is 23.7. The van der Waals surface area contributed by atoms with E-state index >= 15 is 0 Å². The van der Waals surface area contributed by atoms with Crippen LogP contribution < -0.4 is 20.2 Å². The van der Waals surface area contributed by atoms with Crippen LogP contribution in [0.5, 0.6) is 11.5 Å². The predicted molar refractivity (Wildman–Crippen MR) is 136 cm³/mol.